The summed E-state index contributed by atoms with van der Waals surface area (Å²) in [7, 11) is 1.32. The van der Waals surface area contributed by atoms with Crippen LogP contribution < -0.4 is 0 Å². The van der Waals surface area contributed by atoms with Crippen molar-refractivity contribution < 1.29 is 19.7 Å². The zero-order valence-corrected chi connectivity index (χ0v) is 12.3. The highest BCUT2D eigenvalue weighted by atomic mass is 16.5. The molecule has 112 valence electrons. The van der Waals surface area contributed by atoms with Crippen molar-refractivity contribution >= 4 is 5.97 Å². The van der Waals surface area contributed by atoms with E-state index in [1.54, 1.807) is 0 Å². The molecule has 20 heavy (non-hydrogen) atoms. The SMILES string of the molecule is C=C(C(=O)OC)[C@H]1CC[C@@]2(C)[C@@H](O)CCC(=C)[C@H]2[C@H]1O. The summed E-state index contributed by atoms with van der Waals surface area (Å²) in [6.07, 6.45) is 1.63. The summed E-state index contributed by atoms with van der Waals surface area (Å²) in [5, 5.41) is 21.0. The van der Waals surface area contributed by atoms with Gasteiger partial charge in [0.15, 0.2) is 0 Å². The van der Waals surface area contributed by atoms with Gasteiger partial charge < -0.3 is 14.9 Å². The number of rotatable bonds is 2. The Morgan fingerprint density at radius 3 is 2.65 bits per heavy atom. The van der Waals surface area contributed by atoms with Crippen LogP contribution >= 0.6 is 0 Å². The first-order chi connectivity index (χ1) is 9.32. The predicted molar refractivity (Wildman–Crippen MR) is 75.9 cm³/mol. The summed E-state index contributed by atoms with van der Waals surface area (Å²) < 4.78 is 4.70. The first kappa shape index (κ1) is 15.3. The summed E-state index contributed by atoms with van der Waals surface area (Å²) in [5.41, 5.74) is 0.921. The van der Waals surface area contributed by atoms with Crippen molar-refractivity contribution in [3.63, 3.8) is 0 Å². The van der Waals surface area contributed by atoms with E-state index in [2.05, 4.69) is 13.2 Å². The summed E-state index contributed by atoms with van der Waals surface area (Å²) >= 11 is 0. The van der Waals surface area contributed by atoms with Crippen LogP contribution in [0, 0.1) is 17.3 Å². The second-order valence-corrected chi connectivity index (χ2v) is 6.35. The topological polar surface area (TPSA) is 66.8 Å². The molecule has 0 aliphatic heterocycles. The number of methoxy groups -OCH3 is 1. The molecule has 0 aromatic rings. The minimum atomic E-state index is -0.734. The summed E-state index contributed by atoms with van der Waals surface area (Å²) in [6.45, 7) is 9.85. The molecule has 5 atom stereocenters. The summed E-state index contributed by atoms with van der Waals surface area (Å²) in [6, 6.07) is 0. The molecule has 2 saturated carbocycles. The van der Waals surface area contributed by atoms with E-state index in [4.69, 9.17) is 4.74 Å². The fraction of sp³-hybridized carbons (Fsp3) is 0.688. The maximum atomic E-state index is 11.6. The Balaban J connectivity index is 2.27. The smallest absolute Gasteiger partial charge is 0.333 e. The van der Waals surface area contributed by atoms with Crippen LogP contribution in [0.3, 0.4) is 0 Å². The van der Waals surface area contributed by atoms with E-state index in [1.807, 2.05) is 6.92 Å². The lowest BCUT2D eigenvalue weighted by Crippen LogP contribution is -2.54. The fourth-order valence-electron chi connectivity index (χ4n) is 3.97. The molecule has 0 spiro atoms. The first-order valence-electron chi connectivity index (χ1n) is 7.13. The molecule has 0 amide bonds. The van der Waals surface area contributed by atoms with Gasteiger partial charge in [0.05, 0.1) is 19.3 Å². The lowest BCUT2D eigenvalue weighted by Gasteiger charge is -2.53. The van der Waals surface area contributed by atoms with Gasteiger partial charge in [0.2, 0.25) is 0 Å². The maximum Gasteiger partial charge on any atom is 0.333 e. The van der Waals surface area contributed by atoms with Crippen LogP contribution in [0.15, 0.2) is 24.3 Å². The van der Waals surface area contributed by atoms with Gasteiger partial charge >= 0.3 is 5.97 Å². The minimum Gasteiger partial charge on any atom is -0.466 e. The van der Waals surface area contributed by atoms with Crippen molar-refractivity contribution in [3.05, 3.63) is 24.3 Å². The van der Waals surface area contributed by atoms with Crippen LogP contribution in [0.1, 0.15) is 32.6 Å². The molecule has 2 aliphatic carbocycles. The first-order valence-corrected chi connectivity index (χ1v) is 7.13. The van der Waals surface area contributed by atoms with E-state index in [1.165, 1.54) is 7.11 Å². The van der Waals surface area contributed by atoms with Gasteiger partial charge in [-0.25, -0.2) is 4.79 Å². The Morgan fingerprint density at radius 1 is 1.40 bits per heavy atom. The number of ether oxygens (including phenoxy) is 1. The summed E-state index contributed by atoms with van der Waals surface area (Å²) in [4.78, 5) is 11.6. The number of fused-ring (bicyclic) bond motifs is 1. The van der Waals surface area contributed by atoms with Crippen molar-refractivity contribution in [2.75, 3.05) is 7.11 Å². The largest absolute Gasteiger partial charge is 0.466 e. The maximum absolute atomic E-state index is 11.6. The van der Waals surface area contributed by atoms with E-state index in [-0.39, 0.29) is 17.3 Å². The van der Waals surface area contributed by atoms with Crippen LogP contribution in [0.5, 0.6) is 0 Å². The van der Waals surface area contributed by atoms with Gasteiger partial charge in [-0.15, -0.1) is 0 Å². The number of aliphatic hydroxyl groups excluding tert-OH is 2. The molecule has 0 aromatic heterocycles. The third-order valence-electron chi connectivity index (χ3n) is 5.29. The highest BCUT2D eigenvalue weighted by Crippen LogP contribution is 2.54. The van der Waals surface area contributed by atoms with Crippen LogP contribution in [0.2, 0.25) is 0 Å². The van der Waals surface area contributed by atoms with Crippen LogP contribution in [-0.4, -0.2) is 35.5 Å². The molecule has 4 nitrogen and oxygen atoms in total. The third-order valence-corrected chi connectivity index (χ3v) is 5.29. The molecule has 0 unspecified atom stereocenters. The molecule has 2 rings (SSSR count). The minimum absolute atomic E-state index is 0.189. The Hall–Kier alpha value is -1.13. The molecule has 2 N–H and O–H groups in total. The molecule has 0 bridgehead atoms. The zero-order valence-electron chi connectivity index (χ0n) is 12.3. The quantitative estimate of drug-likeness (QED) is 0.460. The van der Waals surface area contributed by atoms with Crippen molar-refractivity contribution in [3.8, 4) is 0 Å². The molecule has 0 radical (unpaired) electrons. The van der Waals surface area contributed by atoms with E-state index >= 15 is 0 Å². The van der Waals surface area contributed by atoms with Crippen molar-refractivity contribution in [1.29, 1.82) is 0 Å². The van der Waals surface area contributed by atoms with Crippen LogP contribution in [0.4, 0.5) is 0 Å². The molecule has 2 aliphatic rings. The zero-order chi connectivity index (χ0) is 15.1. The molecule has 2 fully saturated rings. The number of aliphatic hydroxyl groups is 2. The van der Waals surface area contributed by atoms with Gasteiger partial charge in [-0.1, -0.05) is 25.7 Å². The number of carbonyl (C=O) groups is 1. The van der Waals surface area contributed by atoms with Gasteiger partial charge in [-0.2, -0.15) is 0 Å². The highest BCUT2D eigenvalue weighted by Gasteiger charge is 2.53. The van der Waals surface area contributed by atoms with E-state index in [9.17, 15) is 15.0 Å². The number of hydrogen-bond donors (Lipinski definition) is 2. The lowest BCUT2D eigenvalue weighted by atomic mass is 9.54. The average molecular weight is 280 g/mol. The van der Waals surface area contributed by atoms with Crippen LogP contribution in [-0.2, 0) is 9.53 Å². The van der Waals surface area contributed by atoms with Gasteiger partial charge in [0.25, 0.3) is 0 Å². The van der Waals surface area contributed by atoms with Crippen molar-refractivity contribution in [2.45, 2.75) is 44.8 Å². The van der Waals surface area contributed by atoms with E-state index in [0.717, 1.165) is 18.4 Å². The van der Waals surface area contributed by atoms with Gasteiger partial charge in [-0.3, -0.25) is 0 Å². The molecular formula is C16H24O4. The summed E-state index contributed by atoms with van der Waals surface area (Å²) in [5.74, 6) is -0.978. The Labute approximate surface area is 120 Å². The highest BCUT2D eigenvalue weighted by molar-refractivity contribution is 5.88. The van der Waals surface area contributed by atoms with Crippen molar-refractivity contribution in [1.82, 2.24) is 0 Å². The number of carbonyl (C=O) groups excluding carboxylic acids is 1. The standard InChI is InChI=1S/C16H24O4/c1-9-5-6-12(17)16(3)8-7-11(14(18)13(9)16)10(2)15(19)20-4/h11-14,17-18H,1-2,5-8H2,3-4H3/t11-,12+,13+,14+,16+/m1/s1. The molecule has 4 heteroatoms. The Morgan fingerprint density at radius 2 is 2.05 bits per heavy atom. The Bertz CT molecular complexity index is 442. The molecular weight excluding hydrogens is 256 g/mol. The third kappa shape index (κ3) is 2.21. The molecule has 0 saturated heterocycles. The van der Waals surface area contributed by atoms with E-state index < -0.39 is 18.2 Å². The normalized spacial score (nSPS) is 40.9. The predicted octanol–water partition coefficient (Wildman–Crippen LogP) is 1.82. The second kappa shape index (κ2) is 5.34. The molecule has 0 heterocycles. The average Bonchev–Trinajstić information content (AvgIpc) is 2.42. The lowest BCUT2D eigenvalue weighted by molar-refractivity contribution is -0.140. The molecule has 0 aromatic carbocycles. The van der Waals surface area contributed by atoms with Gasteiger partial charge in [0, 0.05) is 22.8 Å². The second-order valence-electron chi connectivity index (χ2n) is 6.35. The van der Waals surface area contributed by atoms with Gasteiger partial charge in [-0.05, 0) is 25.7 Å². The van der Waals surface area contributed by atoms with Gasteiger partial charge in [0.1, 0.15) is 0 Å². The van der Waals surface area contributed by atoms with Crippen LogP contribution in [0.25, 0.3) is 0 Å². The number of esters is 1. The number of hydrogen-bond acceptors (Lipinski definition) is 4. The fourth-order valence-corrected chi connectivity index (χ4v) is 3.97. The Kier molecular flexibility index (Phi) is 4.07. The van der Waals surface area contributed by atoms with E-state index in [0.29, 0.717) is 18.4 Å². The monoisotopic (exact) mass is 280 g/mol. The van der Waals surface area contributed by atoms with Crippen molar-refractivity contribution in [2.24, 2.45) is 17.3 Å².